The molecule has 0 radical (unpaired) electrons. The zero-order valence-electron chi connectivity index (χ0n) is 6.97. The third-order valence-electron chi connectivity index (χ3n) is 1.37. The van der Waals surface area contributed by atoms with E-state index >= 15 is 0 Å². The van der Waals surface area contributed by atoms with Gasteiger partial charge in [-0.15, -0.1) is 0 Å². The second-order valence-corrected chi connectivity index (χ2v) is 2.14. The molecule has 0 nitrogen and oxygen atoms in total. The first-order valence-electron chi connectivity index (χ1n) is 3.32. The molecule has 1 rings (SSSR count). The van der Waals surface area contributed by atoms with Gasteiger partial charge < -0.3 is 49.6 Å². The summed E-state index contributed by atoms with van der Waals surface area (Å²) in [6, 6.07) is 0. The Morgan fingerprint density at radius 1 is 0.615 bits per heavy atom. The first-order chi connectivity index (χ1) is 4.00. The van der Waals surface area contributed by atoms with Gasteiger partial charge in [0.05, 0.1) is 0 Å². The predicted octanol–water partition coefficient (Wildman–Crippen LogP) is -9.31. The molecule has 1 aliphatic rings. The number of hydrogen-bond donors (Lipinski definition) is 0. The van der Waals surface area contributed by atoms with Crippen molar-refractivity contribution in [1.82, 2.24) is 0 Å². The average molecular weight is 445 g/mol. The summed E-state index contributed by atoms with van der Waals surface area (Å²) in [5.41, 5.74) is 0. The minimum atomic E-state index is 0. The van der Waals surface area contributed by atoms with Crippen LogP contribution >= 0.6 is 0 Å². The van der Waals surface area contributed by atoms with E-state index in [0.717, 1.165) is 0 Å². The minimum Gasteiger partial charge on any atom is -1.00 e. The van der Waals surface area contributed by atoms with Gasteiger partial charge in [-0.05, 0) is 25.7 Å². The average Bonchev–Trinajstić information content (AvgIpc) is 1.62. The predicted molar refractivity (Wildman–Crippen MR) is 36.7 cm³/mol. The van der Waals surface area contributed by atoms with Gasteiger partial charge in [0, 0.05) is 0 Å². The molecule has 82 valence electrons. The molecule has 0 N–H and O–H groups in total. The zero-order valence-corrected chi connectivity index (χ0v) is 12.3. The largest absolute Gasteiger partial charge is 4.00 e. The summed E-state index contributed by atoms with van der Waals surface area (Å²) in [5, 5.41) is 0. The van der Waals surface area contributed by atoms with Gasteiger partial charge in [-0.1, -0.05) is 24.3 Å². The van der Waals surface area contributed by atoms with Crippen LogP contribution in [0, 0.1) is 0 Å². The molecular formula is C8H12Cl4Pt. The molecule has 0 aliphatic heterocycles. The first kappa shape index (κ1) is 29.3. The van der Waals surface area contributed by atoms with Crippen LogP contribution in [0.15, 0.2) is 24.3 Å². The Hall–Kier alpha value is 1.33. The number of rotatable bonds is 0. The van der Waals surface area contributed by atoms with Gasteiger partial charge in [0.15, 0.2) is 0 Å². The minimum absolute atomic E-state index is 0. The standard InChI is InChI=1S/C8H12.4ClH.Pt/c1-2-4-6-8-7-5-3-1;;;;;/h1-4H,5-8H2;4*1H;/q;;;;;+4/p-4. The SMILES string of the molecule is C1=CCCCCC=C1.[Cl-].[Cl-].[Cl-].[Cl-].[Pt+4]. The molecule has 0 amide bonds. The van der Waals surface area contributed by atoms with Crippen molar-refractivity contribution in [3.63, 3.8) is 0 Å². The van der Waals surface area contributed by atoms with Gasteiger partial charge in [-0.3, -0.25) is 0 Å². The summed E-state index contributed by atoms with van der Waals surface area (Å²) < 4.78 is 0. The van der Waals surface area contributed by atoms with E-state index in [0.29, 0.717) is 0 Å². The van der Waals surface area contributed by atoms with E-state index < -0.39 is 0 Å². The molecule has 0 atom stereocenters. The molecule has 1 aliphatic carbocycles. The summed E-state index contributed by atoms with van der Waals surface area (Å²) >= 11 is 0. The van der Waals surface area contributed by atoms with Crippen LogP contribution in [0.5, 0.6) is 0 Å². The molecule has 0 unspecified atom stereocenters. The maximum Gasteiger partial charge on any atom is 4.00 e. The van der Waals surface area contributed by atoms with Crippen molar-refractivity contribution in [2.45, 2.75) is 25.7 Å². The van der Waals surface area contributed by atoms with Crippen LogP contribution in [0.3, 0.4) is 0 Å². The summed E-state index contributed by atoms with van der Waals surface area (Å²) in [6.45, 7) is 0. The summed E-state index contributed by atoms with van der Waals surface area (Å²) in [4.78, 5) is 0. The Kier molecular flexibility index (Phi) is 52.4. The van der Waals surface area contributed by atoms with Crippen molar-refractivity contribution in [3.8, 4) is 0 Å². The van der Waals surface area contributed by atoms with Gasteiger partial charge in [0.2, 0.25) is 0 Å². The molecule has 0 aromatic rings. The Balaban J connectivity index is -0.0000000427. The third kappa shape index (κ3) is 19.7. The monoisotopic (exact) mass is 443 g/mol. The molecule has 0 fully saturated rings. The Labute approximate surface area is 120 Å². The van der Waals surface area contributed by atoms with E-state index in [1.165, 1.54) is 25.7 Å². The number of halogens is 4. The van der Waals surface area contributed by atoms with Crippen LogP contribution in [-0.4, -0.2) is 0 Å². The Morgan fingerprint density at radius 2 is 0.923 bits per heavy atom. The first-order valence-corrected chi connectivity index (χ1v) is 3.32. The molecular weight excluding hydrogens is 433 g/mol. The van der Waals surface area contributed by atoms with E-state index in [-0.39, 0.29) is 70.7 Å². The molecule has 0 saturated carbocycles. The zero-order chi connectivity index (χ0) is 5.66. The fraction of sp³-hybridized carbons (Fsp3) is 0.500. The van der Waals surface area contributed by atoms with Gasteiger partial charge in [-0.2, -0.15) is 0 Å². The van der Waals surface area contributed by atoms with Crippen molar-refractivity contribution in [2.24, 2.45) is 0 Å². The van der Waals surface area contributed by atoms with Crippen molar-refractivity contribution in [1.29, 1.82) is 0 Å². The second-order valence-electron chi connectivity index (χ2n) is 2.14. The summed E-state index contributed by atoms with van der Waals surface area (Å²) in [6.07, 6.45) is 14.0. The number of allylic oxidation sites excluding steroid dienone is 4. The van der Waals surface area contributed by atoms with E-state index in [2.05, 4.69) is 24.3 Å². The molecule has 0 aromatic heterocycles. The maximum atomic E-state index is 2.23. The van der Waals surface area contributed by atoms with Crippen LogP contribution in [0.2, 0.25) is 0 Å². The normalized spacial score (nSPS) is 12.3. The summed E-state index contributed by atoms with van der Waals surface area (Å²) in [5.74, 6) is 0. The fourth-order valence-corrected chi connectivity index (χ4v) is 0.874. The van der Waals surface area contributed by atoms with Crippen LogP contribution in [-0.2, 0) is 21.1 Å². The van der Waals surface area contributed by atoms with Crippen molar-refractivity contribution in [3.05, 3.63) is 24.3 Å². The van der Waals surface area contributed by atoms with E-state index in [4.69, 9.17) is 0 Å². The van der Waals surface area contributed by atoms with Crippen LogP contribution in [0.4, 0.5) is 0 Å². The van der Waals surface area contributed by atoms with Crippen molar-refractivity contribution >= 4 is 0 Å². The van der Waals surface area contributed by atoms with Crippen molar-refractivity contribution < 1.29 is 70.7 Å². The van der Waals surface area contributed by atoms with Gasteiger partial charge in [0.25, 0.3) is 0 Å². The smallest absolute Gasteiger partial charge is 1.00 e. The van der Waals surface area contributed by atoms with E-state index in [1.54, 1.807) is 0 Å². The molecule has 5 heteroatoms. The van der Waals surface area contributed by atoms with E-state index in [1.807, 2.05) is 0 Å². The maximum absolute atomic E-state index is 2.23. The fourth-order valence-electron chi connectivity index (χ4n) is 0.874. The van der Waals surface area contributed by atoms with Gasteiger partial charge in [-0.25, -0.2) is 0 Å². The molecule has 0 saturated heterocycles. The Morgan fingerprint density at radius 3 is 1.23 bits per heavy atom. The van der Waals surface area contributed by atoms with Crippen LogP contribution in [0.25, 0.3) is 0 Å². The molecule has 0 aromatic carbocycles. The van der Waals surface area contributed by atoms with E-state index in [9.17, 15) is 0 Å². The summed E-state index contributed by atoms with van der Waals surface area (Å²) in [7, 11) is 0. The molecule has 0 heterocycles. The van der Waals surface area contributed by atoms with Crippen LogP contribution in [0.1, 0.15) is 25.7 Å². The van der Waals surface area contributed by atoms with Crippen molar-refractivity contribution in [2.75, 3.05) is 0 Å². The molecule has 0 spiro atoms. The topological polar surface area (TPSA) is 0 Å². The van der Waals surface area contributed by atoms with Gasteiger partial charge >= 0.3 is 21.1 Å². The quantitative estimate of drug-likeness (QED) is 0.348. The Bertz CT molecular complexity index is 101. The van der Waals surface area contributed by atoms with Gasteiger partial charge in [0.1, 0.15) is 0 Å². The molecule has 0 bridgehead atoms. The second kappa shape index (κ2) is 23.3. The van der Waals surface area contributed by atoms with Crippen LogP contribution < -0.4 is 49.6 Å². The molecule has 13 heavy (non-hydrogen) atoms. The number of hydrogen-bond acceptors (Lipinski definition) is 0. The third-order valence-corrected chi connectivity index (χ3v) is 1.37.